The Morgan fingerprint density at radius 1 is 0.857 bits per heavy atom. The van der Waals surface area contributed by atoms with Crippen LogP contribution in [0.4, 0.5) is 0 Å². The van der Waals surface area contributed by atoms with Crippen molar-refractivity contribution in [2.24, 2.45) is 10.8 Å². The summed E-state index contributed by atoms with van der Waals surface area (Å²) in [5.41, 5.74) is 1.76. The molecule has 7 heavy (non-hydrogen) atoms. The molecule has 0 saturated heterocycles. The van der Waals surface area contributed by atoms with Gasteiger partial charge in [0.05, 0.1) is 0 Å². The number of hydrogen-bond acceptors (Lipinski definition) is 0. The largest absolute Gasteiger partial charge is 0.0462 e. The molecular weight excluding hydrogens is 84.1 g/mol. The molecule has 3 fully saturated rings. The molecule has 1 radical (unpaired) electrons. The van der Waals surface area contributed by atoms with E-state index in [9.17, 15) is 0 Å². The molecule has 0 aromatic heterocycles. The lowest BCUT2D eigenvalue weighted by Gasteiger charge is -1.76. The average Bonchev–Trinajstić information content (AvgIpc) is 2.38. The fraction of sp³-hybridized carbons (Fsp3) is 0.857. The van der Waals surface area contributed by atoms with Crippen LogP contribution in [0.1, 0.15) is 25.7 Å². The predicted octanol–water partition coefficient (Wildman–Crippen LogP) is 1.76. The smallest absolute Gasteiger partial charge is 0.0201 e. The van der Waals surface area contributed by atoms with Gasteiger partial charge in [-0.1, -0.05) is 0 Å². The van der Waals surface area contributed by atoms with Gasteiger partial charge in [-0.05, 0) is 42.9 Å². The van der Waals surface area contributed by atoms with Gasteiger partial charge in [0, 0.05) is 0 Å². The summed E-state index contributed by atoms with van der Waals surface area (Å²) in [5.74, 6) is 0. The summed E-state index contributed by atoms with van der Waals surface area (Å²) in [6, 6.07) is 0. The van der Waals surface area contributed by atoms with Crippen LogP contribution in [-0.2, 0) is 0 Å². The van der Waals surface area contributed by atoms with Crippen LogP contribution < -0.4 is 0 Å². The van der Waals surface area contributed by atoms with Crippen molar-refractivity contribution in [3.8, 4) is 0 Å². The molecule has 0 aromatic carbocycles. The molecule has 0 nitrogen and oxygen atoms in total. The van der Waals surface area contributed by atoms with Crippen molar-refractivity contribution >= 4 is 0 Å². The molecule has 0 N–H and O–H groups in total. The van der Waals surface area contributed by atoms with Crippen molar-refractivity contribution < 1.29 is 0 Å². The summed E-state index contributed by atoms with van der Waals surface area (Å²) in [6.45, 7) is 0. The van der Waals surface area contributed by atoms with E-state index in [4.69, 9.17) is 0 Å². The summed E-state index contributed by atoms with van der Waals surface area (Å²) in [4.78, 5) is 0. The van der Waals surface area contributed by atoms with Crippen molar-refractivity contribution in [2.75, 3.05) is 0 Å². The molecule has 0 atom stereocenters. The van der Waals surface area contributed by atoms with Crippen LogP contribution in [0.5, 0.6) is 0 Å². The number of hydrogen-bond donors (Lipinski definition) is 0. The Labute approximate surface area is 43.9 Å². The molecule has 3 saturated carbocycles. The third-order valence-corrected chi connectivity index (χ3v) is 3.04. The van der Waals surface area contributed by atoms with Crippen LogP contribution in [-0.4, -0.2) is 0 Å². The van der Waals surface area contributed by atoms with E-state index in [2.05, 4.69) is 6.42 Å². The van der Waals surface area contributed by atoms with Gasteiger partial charge in [0.2, 0.25) is 0 Å². The van der Waals surface area contributed by atoms with E-state index < -0.39 is 0 Å². The van der Waals surface area contributed by atoms with Gasteiger partial charge < -0.3 is 0 Å². The lowest BCUT2D eigenvalue weighted by Crippen LogP contribution is -1.70. The van der Waals surface area contributed by atoms with E-state index in [0.29, 0.717) is 0 Å². The first-order valence-corrected chi connectivity index (χ1v) is 3.24. The molecule has 0 bridgehead atoms. The SMILES string of the molecule is [CH]1C2(CC2)C12CC2. The van der Waals surface area contributed by atoms with Crippen LogP contribution >= 0.6 is 0 Å². The molecule has 3 aliphatic rings. The second-order valence-electron chi connectivity index (χ2n) is 3.46. The molecule has 0 unspecified atom stereocenters. The summed E-state index contributed by atoms with van der Waals surface area (Å²) in [6.07, 6.45) is 8.74. The van der Waals surface area contributed by atoms with Gasteiger partial charge in [-0.25, -0.2) is 0 Å². The van der Waals surface area contributed by atoms with Crippen molar-refractivity contribution in [3.05, 3.63) is 6.42 Å². The Bertz CT molecular complexity index is 111. The minimum Gasteiger partial charge on any atom is -0.0462 e. The highest BCUT2D eigenvalue weighted by molar-refractivity contribution is 5.41. The molecule has 0 amide bonds. The van der Waals surface area contributed by atoms with Gasteiger partial charge in [-0.3, -0.25) is 0 Å². The lowest BCUT2D eigenvalue weighted by atomic mass is 10.3. The van der Waals surface area contributed by atoms with Crippen LogP contribution in [0.25, 0.3) is 0 Å². The Balaban J connectivity index is 2.08. The second kappa shape index (κ2) is 0.519. The van der Waals surface area contributed by atoms with Gasteiger partial charge in [-0.2, -0.15) is 0 Å². The maximum Gasteiger partial charge on any atom is -0.0201 e. The van der Waals surface area contributed by atoms with E-state index in [1.165, 1.54) is 25.7 Å². The fourth-order valence-corrected chi connectivity index (χ4v) is 2.05. The highest BCUT2D eigenvalue weighted by Gasteiger charge is 2.79. The van der Waals surface area contributed by atoms with Crippen LogP contribution in [0.15, 0.2) is 0 Å². The topological polar surface area (TPSA) is 0 Å². The minimum absolute atomic E-state index is 0.882. The molecule has 0 heteroatoms. The van der Waals surface area contributed by atoms with E-state index in [-0.39, 0.29) is 0 Å². The Kier molecular flexibility index (Phi) is 0.231. The average molecular weight is 93.1 g/mol. The van der Waals surface area contributed by atoms with Crippen molar-refractivity contribution in [2.45, 2.75) is 25.7 Å². The minimum atomic E-state index is 0.882. The van der Waals surface area contributed by atoms with Crippen molar-refractivity contribution in [3.63, 3.8) is 0 Å². The molecule has 0 aromatic rings. The first kappa shape index (κ1) is 3.11. The van der Waals surface area contributed by atoms with Gasteiger partial charge >= 0.3 is 0 Å². The number of fused-ring (bicyclic) bond motifs is 1. The monoisotopic (exact) mass is 93.1 g/mol. The third-order valence-electron chi connectivity index (χ3n) is 3.04. The lowest BCUT2D eigenvalue weighted by molar-refractivity contribution is 0.716. The van der Waals surface area contributed by atoms with Gasteiger partial charge in [-0.15, -0.1) is 0 Å². The van der Waals surface area contributed by atoms with Gasteiger partial charge in [0.15, 0.2) is 0 Å². The van der Waals surface area contributed by atoms with Crippen molar-refractivity contribution in [1.29, 1.82) is 0 Å². The predicted molar refractivity (Wildman–Crippen MR) is 27.6 cm³/mol. The van der Waals surface area contributed by atoms with Gasteiger partial charge in [0.1, 0.15) is 0 Å². The summed E-state index contributed by atoms with van der Waals surface area (Å²) < 4.78 is 0. The summed E-state index contributed by atoms with van der Waals surface area (Å²) in [5, 5.41) is 0. The molecule has 3 rings (SSSR count). The molecule has 3 aliphatic carbocycles. The Morgan fingerprint density at radius 3 is 1.43 bits per heavy atom. The fourth-order valence-electron chi connectivity index (χ4n) is 2.05. The van der Waals surface area contributed by atoms with E-state index in [1.807, 2.05) is 0 Å². The zero-order chi connectivity index (χ0) is 4.54. The molecule has 0 aliphatic heterocycles. The van der Waals surface area contributed by atoms with Crippen LogP contribution in [0, 0.1) is 17.3 Å². The van der Waals surface area contributed by atoms with Crippen molar-refractivity contribution in [1.82, 2.24) is 0 Å². The molecule has 0 heterocycles. The van der Waals surface area contributed by atoms with E-state index in [0.717, 1.165) is 10.8 Å². The molecular formula is C7H9. The van der Waals surface area contributed by atoms with Gasteiger partial charge in [0.25, 0.3) is 0 Å². The quantitative estimate of drug-likeness (QED) is 0.428. The Hall–Kier alpha value is 0. The van der Waals surface area contributed by atoms with E-state index in [1.54, 1.807) is 0 Å². The maximum absolute atomic E-state index is 2.60. The zero-order valence-electron chi connectivity index (χ0n) is 4.41. The summed E-state index contributed by atoms with van der Waals surface area (Å²) in [7, 11) is 0. The number of rotatable bonds is 0. The van der Waals surface area contributed by atoms with Crippen LogP contribution in [0.3, 0.4) is 0 Å². The second-order valence-corrected chi connectivity index (χ2v) is 3.46. The third kappa shape index (κ3) is 0.181. The summed E-state index contributed by atoms with van der Waals surface area (Å²) >= 11 is 0. The molecule has 37 valence electrons. The zero-order valence-corrected chi connectivity index (χ0v) is 4.41. The highest BCUT2D eigenvalue weighted by atomic mass is 14.8. The first-order chi connectivity index (χ1) is 3.37. The Morgan fingerprint density at radius 2 is 1.29 bits per heavy atom. The molecule has 2 spiro atoms. The standard InChI is InChI=1S/C7H9/c1-2-6(1)5-7(6)3-4-7/h5H,1-4H2. The maximum atomic E-state index is 2.60. The normalized spacial score (nSPS) is 44.6. The van der Waals surface area contributed by atoms with E-state index >= 15 is 0 Å². The van der Waals surface area contributed by atoms with Crippen LogP contribution in [0.2, 0.25) is 0 Å². The first-order valence-electron chi connectivity index (χ1n) is 3.24. The highest BCUT2D eigenvalue weighted by Crippen LogP contribution is 2.88.